The van der Waals surface area contributed by atoms with Gasteiger partial charge in [-0.25, -0.2) is 0 Å². The molecule has 4 heteroatoms. The molecule has 1 unspecified atom stereocenters. The predicted molar refractivity (Wildman–Crippen MR) is 94.6 cm³/mol. The second-order valence-corrected chi connectivity index (χ2v) is 6.51. The summed E-state index contributed by atoms with van der Waals surface area (Å²) in [5, 5.41) is 3.75. The van der Waals surface area contributed by atoms with Gasteiger partial charge < -0.3 is 10.2 Å². The summed E-state index contributed by atoms with van der Waals surface area (Å²) in [5.41, 5.74) is 3.60. The number of rotatable bonds is 6. The maximum atomic E-state index is 12.2. The van der Waals surface area contributed by atoms with E-state index in [-0.39, 0.29) is 11.9 Å². The minimum Gasteiger partial charge on any atom is -0.345 e. The fourth-order valence-electron chi connectivity index (χ4n) is 2.60. The maximum absolute atomic E-state index is 12.2. The molecule has 2 atom stereocenters. The Balaban J connectivity index is 1.86. The molecule has 0 aromatic heterocycles. The number of hydrogen-bond donors (Lipinski definition) is 2. The van der Waals surface area contributed by atoms with Crippen LogP contribution in [0.3, 0.4) is 0 Å². The molecule has 0 aliphatic heterocycles. The summed E-state index contributed by atoms with van der Waals surface area (Å²) in [5.74, 6) is 0.0542. The Morgan fingerprint density at radius 1 is 1.17 bits per heavy atom. The van der Waals surface area contributed by atoms with Gasteiger partial charge in [-0.2, -0.15) is 0 Å². The van der Waals surface area contributed by atoms with Crippen LogP contribution in [0.25, 0.3) is 0 Å². The zero-order chi connectivity index (χ0) is 16.8. The number of likely N-dealkylation sites (N-methyl/N-ethyl adjacent to an activating group) is 1. The number of hydrogen-bond acceptors (Lipinski definition) is 1. The number of nitrogens with one attached hydrogen (secondary N) is 2. The van der Waals surface area contributed by atoms with E-state index >= 15 is 0 Å². The quantitative estimate of drug-likeness (QED) is 0.838. The Morgan fingerprint density at radius 3 is 2.48 bits per heavy atom. The Morgan fingerprint density at radius 2 is 1.83 bits per heavy atom. The minimum absolute atomic E-state index is 0.0222. The van der Waals surface area contributed by atoms with Crippen molar-refractivity contribution < 1.29 is 9.69 Å². The van der Waals surface area contributed by atoms with Crippen LogP contribution >= 0.6 is 11.6 Å². The van der Waals surface area contributed by atoms with Crippen LogP contribution in [0, 0.1) is 6.92 Å². The fraction of sp³-hybridized carbons (Fsp3) is 0.316. The van der Waals surface area contributed by atoms with Crippen molar-refractivity contribution in [2.24, 2.45) is 0 Å². The van der Waals surface area contributed by atoms with Crippen LogP contribution in [0.5, 0.6) is 0 Å². The minimum atomic E-state index is -0.0222. The second-order valence-electron chi connectivity index (χ2n) is 6.08. The van der Waals surface area contributed by atoms with E-state index in [0.29, 0.717) is 11.6 Å². The second kappa shape index (κ2) is 8.14. The predicted octanol–water partition coefficient (Wildman–Crippen LogP) is 2.54. The highest BCUT2D eigenvalue weighted by Gasteiger charge is 2.14. The van der Waals surface area contributed by atoms with Gasteiger partial charge in [-0.05, 0) is 37.1 Å². The molecule has 0 saturated heterocycles. The van der Waals surface area contributed by atoms with Crippen molar-refractivity contribution in [3.63, 3.8) is 0 Å². The lowest BCUT2D eigenvalue weighted by Crippen LogP contribution is -3.09. The molecular weight excluding hydrogens is 308 g/mol. The van der Waals surface area contributed by atoms with Crippen molar-refractivity contribution >= 4 is 17.5 Å². The SMILES string of the molecule is Cc1ccccc1C[NH+](C)CC(=O)N[C@H](C)c1ccc(Cl)cc1. The molecule has 23 heavy (non-hydrogen) atoms. The number of carbonyl (C=O) groups is 1. The first-order chi connectivity index (χ1) is 11.0. The first-order valence-corrected chi connectivity index (χ1v) is 8.24. The molecule has 122 valence electrons. The molecular formula is C19H24ClN2O+. The molecule has 0 aliphatic carbocycles. The van der Waals surface area contributed by atoms with Gasteiger partial charge in [0.15, 0.2) is 6.54 Å². The lowest BCUT2D eigenvalue weighted by Gasteiger charge is -2.18. The van der Waals surface area contributed by atoms with E-state index in [1.54, 1.807) is 0 Å². The molecule has 2 aromatic rings. The highest BCUT2D eigenvalue weighted by atomic mass is 35.5. The first kappa shape index (κ1) is 17.5. The third kappa shape index (κ3) is 5.38. The summed E-state index contributed by atoms with van der Waals surface area (Å²) in [7, 11) is 2.04. The largest absolute Gasteiger partial charge is 0.345 e. The van der Waals surface area contributed by atoms with Crippen molar-refractivity contribution in [2.75, 3.05) is 13.6 Å². The van der Waals surface area contributed by atoms with Crippen LogP contribution in [0.1, 0.15) is 29.7 Å². The molecule has 0 spiro atoms. The zero-order valence-electron chi connectivity index (χ0n) is 13.9. The van der Waals surface area contributed by atoms with Crippen molar-refractivity contribution in [3.05, 3.63) is 70.2 Å². The van der Waals surface area contributed by atoms with E-state index in [4.69, 9.17) is 11.6 Å². The Bertz CT molecular complexity index is 655. The zero-order valence-corrected chi connectivity index (χ0v) is 14.7. The Hall–Kier alpha value is -1.84. The van der Waals surface area contributed by atoms with Crippen LogP contribution in [-0.2, 0) is 11.3 Å². The molecule has 0 aliphatic rings. The van der Waals surface area contributed by atoms with Gasteiger partial charge in [-0.3, -0.25) is 4.79 Å². The molecule has 1 amide bonds. The molecule has 2 rings (SSSR count). The molecule has 0 radical (unpaired) electrons. The third-order valence-electron chi connectivity index (χ3n) is 3.96. The summed E-state index contributed by atoms with van der Waals surface area (Å²) < 4.78 is 0. The summed E-state index contributed by atoms with van der Waals surface area (Å²) in [6.07, 6.45) is 0. The number of aryl methyl sites for hydroxylation is 1. The first-order valence-electron chi connectivity index (χ1n) is 7.86. The van der Waals surface area contributed by atoms with E-state index in [0.717, 1.165) is 12.1 Å². The fourth-order valence-corrected chi connectivity index (χ4v) is 2.72. The van der Waals surface area contributed by atoms with Gasteiger partial charge in [-0.15, -0.1) is 0 Å². The van der Waals surface area contributed by atoms with Gasteiger partial charge in [0.05, 0.1) is 13.1 Å². The number of quaternary nitrogens is 1. The number of carbonyl (C=O) groups excluding carboxylic acids is 1. The van der Waals surface area contributed by atoms with Crippen LogP contribution in [-0.4, -0.2) is 19.5 Å². The topological polar surface area (TPSA) is 33.5 Å². The average molecular weight is 332 g/mol. The van der Waals surface area contributed by atoms with Gasteiger partial charge in [0, 0.05) is 10.6 Å². The van der Waals surface area contributed by atoms with E-state index in [2.05, 4.69) is 24.4 Å². The Labute approximate surface area is 143 Å². The Kier molecular flexibility index (Phi) is 6.20. The molecule has 0 heterocycles. The van der Waals surface area contributed by atoms with Crippen LogP contribution in [0.4, 0.5) is 0 Å². The highest BCUT2D eigenvalue weighted by molar-refractivity contribution is 6.30. The average Bonchev–Trinajstić information content (AvgIpc) is 2.50. The number of halogens is 1. The number of benzene rings is 2. The van der Waals surface area contributed by atoms with Crippen LogP contribution in [0.15, 0.2) is 48.5 Å². The van der Waals surface area contributed by atoms with Gasteiger partial charge >= 0.3 is 0 Å². The van der Waals surface area contributed by atoms with Crippen molar-refractivity contribution in [2.45, 2.75) is 26.4 Å². The summed E-state index contributed by atoms with van der Waals surface area (Å²) >= 11 is 5.89. The molecule has 0 saturated carbocycles. The van der Waals surface area contributed by atoms with Crippen LogP contribution < -0.4 is 10.2 Å². The lowest BCUT2D eigenvalue weighted by atomic mass is 10.1. The van der Waals surface area contributed by atoms with Gasteiger partial charge in [0.1, 0.15) is 6.54 Å². The number of amides is 1. The third-order valence-corrected chi connectivity index (χ3v) is 4.22. The van der Waals surface area contributed by atoms with Gasteiger partial charge in [0.25, 0.3) is 5.91 Å². The molecule has 2 aromatic carbocycles. The van der Waals surface area contributed by atoms with Crippen molar-refractivity contribution in [1.82, 2.24) is 5.32 Å². The smallest absolute Gasteiger partial charge is 0.275 e. The lowest BCUT2D eigenvalue weighted by molar-refractivity contribution is -0.885. The van der Waals surface area contributed by atoms with Gasteiger partial charge in [-0.1, -0.05) is 48.0 Å². The molecule has 3 nitrogen and oxygen atoms in total. The van der Waals surface area contributed by atoms with Crippen LogP contribution in [0.2, 0.25) is 5.02 Å². The monoisotopic (exact) mass is 331 g/mol. The van der Waals surface area contributed by atoms with Gasteiger partial charge in [0.2, 0.25) is 0 Å². The summed E-state index contributed by atoms with van der Waals surface area (Å²) in [6.45, 7) is 5.38. The van der Waals surface area contributed by atoms with E-state index in [9.17, 15) is 4.79 Å². The highest BCUT2D eigenvalue weighted by Crippen LogP contribution is 2.15. The maximum Gasteiger partial charge on any atom is 0.275 e. The van der Waals surface area contributed by atoms with E-state index < -0.39 is 0 Å². The molecule has 2 N–H and O–H groups in total. The van der Waals surface area contributed by atoms with E-state index in [1.807, 2.05) is 50.4 Å². The molecule has 0 fully saturated rings. The van der Waals surface area contributed by atoms with Crippen molar-refractivity contribution in [3.8, 4) is 0 Å². The molecule has 0 bridgehead atoms. The summed E-state index contributed by atoms with van der Waals surface area (Å²) in [6, 6.07) is 15.8. The summed E-state index contributed by atoms with van der Waals surface area (Å²) in [4.78, 5) is 13.4. The standard InChI is InChI=1S/C19H23ClN2O/c1-14-6-4-5-7-17(14)12-22(3)13-19(23)21-15(2)16-8-10-18(20)11-9-16/h4-11,15H,12-13H2,1-3H3,(H,21,23)/p+1/t15-/m1/s1. The van der Waals surface area contributed by atoms with Crippen molar-refractivity contribution in [1.29, 1.82) is 0 Å². The normalized spacial score (nSPS) is 13.4. The van der Waals surface area contributed by atoms with E-state index in [1.165, 1.54) is 16.0 Å².